The quantitative estimate of drug-likeness (QED) is 0.463. The van der Waals surface area contributed by atoms with Gasteiger partial charge in [0, 0.05) is 6.54 Å². The van der Waals surface area contributed by atoms with Crippen LogP contribution in [0.4, 0.5) is 0 Å². The Bertz CT molecular complexity index is 531. The van der Waals surface area contributed by atoms with E-state index in [0.29, 0.717) is 0 Å². The Morgan fingerprint density at radius 2 is 1.91 bits per heavy atom. The summed E-state index contributed by atoms with van der Waals surface area (Å²) in [6.45, 7) is 3.82. The summed E-state index contributed by atoms with van der Waals surface area (Å²) in [6.07, 6.45) is -6.11. The second-order valence-corrected chi connectivity index (χ2v) is 5.08. The first-order chi connectivity index (χ1) is 10.4. The van der Waals surface area contributed by atoms with E-state index in [1.54, 1.807) is 18.2 Å². The molecule has 1 fully saturated rings. The van der Waals surface area contributed by atoms with E-state index in [4.69, 9.17) is 4.74 Å². The maximum atomic E-state index is 11.9. The second-order valence-electron chi connectivity index (χ2n) is 5.08. The van der Waals surface area contributed by atoms with E-state index in [-0.39, 0.29) is 6.54 Å². The zero-order valence-electron chi connectivity index (χ0n) is 11.8. The van der Waals surface area contributed by atoms with E-state index in [1.807, 2.05) is 12.1 Å². The van der Waals surface area contributed by atoms with Gasteiger partial charge in [-0.2, -0.15) is 0 Å². The summed E-state index contributed by atoms with van der Waals surface area (Å²) in [5.74, 6) is -0.766. The van der Waals surface area contributed by atoms with Crippen molar-refractivity contribution in [3.63, 3.8) is 0 Å². The van der Waals surface area contributed by atoms with Gasteiger partial charge >= 0.3 is 0 Å². The molecule has 1 amide bonds. The predicted octanol–water partition coefficient (Wildman–Crippen LogP) is -1.25. The molecule has 0 aromatic heterocycles. The lowest BCUT2D eigenvalue weighted by Crippen LogP contribution is -2.47. The summed E-state index contributed by atoms with van der Waals surface area (Å²) >= 11 is 0. The molecule has 1 aliphatic rings. The molecule has 0 aliphatic carbocycles. The first kappa shape index (κ1) is 16.6. The van der Waals surface area contributed by atoms with Crippen molar-refractivity contribution in [2.45, 2.75) is 37.3 Å². The van der Waals surface area contributed by atoms with Gasteiger partial charge in [-0.25, -0.2) is 0 Å². The zero-order valence-corrected chi connectivity index (χ0v) is 11.8. The average molecular weight is 309 g/mol. The standard InChI is InChI=1S/C15H19NO6/c1-2-8-3-5-9(6-4-8)7-16-14(20)12(19)13-10(17)11(18)15(21)22-13/h2-6,10-13,15,17-19,21H,1,7H2,(H,16,20)/t10-,11-,12+,13+,15+/m1/s1. The van der Waals surface area contributed by atoms with Crippen LogP contribution in [0.2, 0.25) is 0 Å². The lowest BCUT2D eigenvalue weighted by Gasteiger charge is -2.20. The van der Waals surface area contributed by atoms with E-state index >= 15 is 0 Å². The molecule has 1 aromatic carbocycles. The zero-order chi connectivity index (χ0) is 16.3. The highest BCUT2D eigenvalue weighted by atomic mass is 16.6. The minimum absolute atomic E-state index is 0.182. The molecule has 7 heteroatoms. The number of aliphatic hydroxyl groups excluding tert-OH is 4. The fraction of sp³-hybridized carbons (Fsp3) is 0.400. The molecule has 0 saturated carbocycles. The van der Waals surface area contributed by atoms with Gasteiger partial charge in [-0.15, -0.1) is 0 Å². The van der Waals surface area contributed by atoms with E-state index in [1.165, 1.54) is 0 Å². The number of amides is 1. The Labute approximate surface area is 127 Å². The SMILES string of the molecule is C=Cc1ccc(CNC(=O)[C@@H](O)[C@H]2O[C@H](O)[C@H](O)[C@H]2O)cc1. The lowest BCUT2D eigenvalue weighted by atomic mass is 10.1. The van der Waals surface area contributed by atoms with Crippen LogP contribution in [0.1, 0.15) is 11.1 Å². The van der Waals surface area contributed by atoms with Crippen LogP contribution in [-0.2, 0) is 16.1 Å². The molecule has 0 spiro atoms. The predicted molar refractivity (Wildman–Crippen MR) is 77.3 cm³/mol. The van der Waals surface area contributed by atoms with Crippen LogP contribution in [0.5, 0.6) is 0 Å². The van der Waals surface area contributed by atoms with Crippen molar-refractivity contribution in [2.24, 2.45) is 0 Å². The Hall–Kier alpha value is -1.77. The lowest BCUT2D eigenvalue weighted by molar-refractivity contribution is -0.158. The third kappa shape index (κ3) is 3.52. The van der Waals surface area contributed by atoms with Crippen LogP contribution in [0, 0.1) is 0 Å². The molecule has 5 N–H and O–H groups in total. The maximum absolute atomic E-state index is 11.9. The van der Waals surface area contributed by atoms with Crippen LogP contribution in [0.15, 0.2) is 30.8 Å². The average Bonchev–Trinajstić information content (AvgIpc) is 2.79. The number of carbonyl (C=O) groups is 1. The molecule has 1 aliphatic heterocycles. The summed E-state index contributed by atoms with van der Waals surface area (Å²) in [6, 6.07) is 7.28. The van der Waals surface area contributed by atoms with Crippen LogP contribution >= 0.6 is 0 Å². The summed E-state index contributed by atoms with van der Waals surface area (Å²) in [5, 5.41) is 40.5. The Kier molecular flexibility index (Phi) is 5.28. The minimum Gasteiger partial charge on any atom is -0.387 e. The number of aliphatic hydroxyl groups is 4. The van der Waals surface area contributed by atoms with Crippen molar-refractivity contribution in [3.05, 3.63) is 42.0 Å². The summed E-state index contributed by atoms with van der Waals surface area (Å²) in [7, 11) is 0. The molecule has 120 valence electrons. The Morgan fingerprint density at radius 1 is 1.27 bits per heavy atom. The minimum atomic E-state index is -1.70. The smallest absolute Gasteiger partial charge is 0.251 e. The number of hydrogen-bond acceptors (Lipinski definition) is 6. The largest absolute Gasteiger partial charge is 0.387 e. The molecule has 1 aromatic rings. The number of rotatable bonds is 5. The molecule has 5 atom stereocenters. The summed E-state index contributed by atoms with van der Waals surface area (Å²) in [5.41, 5.74) is 1.76. The van der Waals surface area contributed by atoms with Gasteiger partial charge in [0.25, 0.3) is 5.91 Å². The highest BCUT2D eigenvalue weighted by Crippen LogP contribution is 2.22. The summed E-state index contributed by atoms with van der Waals surface area (Å²) < 4.78 is 4.78. The number of ether oxygens (including phenoxy) is 1. The molecule has 0 unspecified atom stereocenters. The maximum Gasteiger partial charge on any atom is 0.251 e. The van der Waals surface area contributed by atoms with Gasteiger partial charge in [0.05, 0.1) is 0 Å². The van der Waals surface area contributed by atoms with Gasteiger partial charge in [0.2, 0.25) is 0 Å². The van der Waals surface area contributed by atoms with E-state index in [9.17, 15) is 25.2 Å². The van der Waals surface area contributed by atoms with Gasteiger partial charge in [0.1, 0.15) is 18.3 Å². The molecule has 1 saturated heterocycles. The van der Waals surface area contributed by atoms with Crippen LogP contribution in [-0.4, -0.2) is 57.0 Å². The van der Waals surface area contributed by atoms with E-state index in [0.717, 1.165) is 11.1 Å². The monoisotopic (exact) mass is 309 g/mol. The first-order valence-corrected chi connectivity index (χ1v) is 6.81. The topological polar surface area (TPSA) is 119 Å². The third-order valence-corrected chi connectivity index (χ3v) is 3.54. The van der Waals surface area contributed by atoms with Crippen molar-refractivity contribution >= 4 is 12.0 Å². The second kappa shape index (κ2) is 6.99. The van der Waals surface area contributed by atoms with Gasteiger partial charge in [-0.3, -0.25) is 4.79 Å². The van der Waals surface area contributed by atoms with Crippen molar-refractivity contribution in [3.8, 4) is 0 Å². The van der Waals surface area contributed by atoms with Crippen molar-refractivity contribution in [1.82, 2.24) is 5.32 Å². The van der Waals surface area contributed by atoms with Crippen molar-refractivity contribution in [1.29, 1.82) is 0 Å². The normalized spacial score (nSPS) is 29.1. The number of hydrogen-bond donors (Lipinski definition) is 5. The Morgan fingerprint density at radius 3 is 2.41 bits per heavy atom. The summed E-state index contributed by atoms with van der Waals surface area (Å²) in [4.78, 5) is 11.9. The number of nitrogens with one attached hydrogen (secondary N) is 1. The highest BCUT2D eigenvalue weighted by Gasteiger charge is 2.47. The van der Waals surface area contributed by atoms with Gasteiger partial charge in [-0.05, 0) is 11.1 Å². The molecular formula is C15H19NO6. The van der Waals surface area contributed by atoms with Crippen LogP contribution < -0.4 is 5.32 Å². The third-order valence-electron chi connectivity index (χ3n) is 3.54. The molecule has 0 bridgehead atoms. The fourth-order valence-corrected chi connectivity index (χ4v) is 2.16. The van der Waals surface area contributed by atoms with Crippen molar-refractivity contribution < 1.29 is 30.0 Å². The molecule has 2 rings (SSSR count). The first-order valence-electron chi connectivity index (χ1n) is 6.81. The van der Waals surface area contributed by atoms with Gasteiger partial charge in [-0.1, -0.05) is 36.9 Å². The van der Waals surface area contributed by atoms with Gasteiger partial charge in [0.15, 0.2) is 12.4 Å². The molecule has 22 heavy (non-hydrogen) atoms. The van der Waals surface area contributed by atoms with E-state index in [2.05, 4.69) is 11.9 Å². The van der Waals surface area contributed by atoms with Crippen LogP contribution in [0.3, 0.4) is 0 Å². The molecule has 7 nitrogen and oxygen atoms in total. The molecular weight excluding hydrogens is 290 g/mol. The van der Waals surface area contributed by atoms with Gasteiger partial charge < -0.3 is 30.5 Å². The highest BCUT2D eigenvalue weighted by molar-refractivity contribution is 5.81. The fourth-order valence-electron chi connectivity index (χ4n) is 2.16. The molecule has 1 heterocycles. The Balaban J connectivity index is 1.90. The van der Waals surface area contributed by atoms with Crippen LogP contribution in [0.25, 0.3) is 6.08 Å². The number of benzene rings is 1. The molecule has 0 radical (unpaired) electrons. The number of carbonyl (C=O) groups excluding carboxylic acids is 1. The van der Waals surface area contributed by atoms with Crippen molar-refractivity contribution in [2.75, 3.05) is 0 Å². The van der Waals surface area contributed by atoms with E-state index < -0.39 is 36.6 Å².